The van der Waals surface area contributed by atoms with Crippen LogP contribution in [0.2, 0.25) is 5.02 Å². The minimum atomic E-state index is -0.853. The molecule has 0 aliphatic carbocycles. The summed E-state index contributed by atoms with van der Waals surface area (Å²) in [6, 6.07) is 11.2. The van der Waals surface area contributed by atoms with Crippen molar-refractivity contribution in [2.24, 2.45) is 0 Å². The van der Waals surface area contributed by atoms with Crippen molar-refractivity contribution in [3.8, 4) is 16.9 Å². The van der Waals surface area contributed by atoms with E-state index in [4.69, 9.17) is 21.1 Å². The molecule has 3 rings (SSSR count). The summed E-state index contributed by atoms with van der Waals surface area (Å²) in [6.07, 6.45) is 0. The van der Waals surface area contributed by atoms with Crippen molar-refractivity contribution in [3.05, 3.63) is 70.1 Å². The van der Waals surface area contributed by atoms with Crippen molar-refractivity contribution in [3.63, 3.8) is 0 Å². The van der Waals surface area contributed by atoms with E-state index in [2.05, 4.69) is 5.10 Å². The highest BCUT2D eigenvalue weighted by Gasteiger charge is 2.32. The molecule has 0 atom stereocenters. The van der Waals surface area contributed by atoms with Crippen molar-refractivity contribution in [1.29, 1.82) is 0 Å². The van der Waals surface area contributed by atoms with Gasteiger partial charge in [-0.1, -0.05) is 29.8 Å². The molecule has 1 heterocycles. The van der Waals surface area contributed by atoms with Crippen molar-refractivity contribution >= 4 is 23.5 Å². The van der Waals surface area contributed by atoms with E-state index in [0.29, 0.717) is 16.3 Å². The molecule has 0 saturated carbocycles. The third-order valence-corrected chi connectivity index (χ3v) is 4.57. The molecule has 0 spiro atoms. The minimum Gasteiger partial charge on any atom is -0.465 e. The van der Waals surface area contributed by atoms with Crippen molar-refractivity contribution in [2.45, 2.75) is 6.92 Å². The number of para-hydroxylation sites is 1. The van der Waals surface area contributed by atoms with Crippen molar-refractivity contribution < 1.29 is 23.5 Å². The molecule has 0 radical (unpaired) electrons. The van der Waals surface area contributed by atoms with Gasteiger partial charge in [-0.3, -0.25) is 0 Å². The van der Waals surface area contributed by atoms with Gasteiger partial charge in [0.15, 0.2) is 5.69 Å². The van der Waals surface area contributed by atoms with Crippen LogP contribution in [0.4, 0.5) is 4.39 Å². The Labute approximate surface area is 165 Å². The number of benzene rings is 2. The number of hydrogen-bond donors (Lipinski definition) is 0. The summed E-state index contributed by atoms with van der Waals surface area (Å²) in [7, 11) is 2.33. The Morgan fingerprint density at radius 3 is 2.32 bits per heavy atom. The van der Waals surface area contributed by atoms with Crippen LogP contribution in [0.25, 0.3) is 16.9 Å². The SMILES string of the molecule is COC(=O)c1c(-c2cc(Cl)c(C)cc2F)nn(-c2ccccc2)c1C(=O)OC. The number of rotatable bonds is 4. The van der Waals surface area contributed by atoms with Crippen LogP contribution < -0.4 is 0 Å². The Hall–Kier alpha value is -3.19. The molecule has 28 heavy (non-hydrogen) atoms. The first-order chi connectivity index (χ1) is 13.4. The highest BCUT2D eigenvalue weighted by Crippen LogP contribution is 2.33. The number of carbonyl (C=O) groups excluding carboxylic acids is 2. The molecule has 0 aliphatic heterocycles. The zero-order chi connectivity index (χ0) is 20.4. The van der Waals surface area contributed by atoms with Gasteiger partial charge in [0.2, 0.25) is 0 Å². The van der Waals surface area contributed by atoms with E-state index in [-0.39, 0.29) is 22.5 Å². The van der Waals surface area contributed by atoms with Gasteiger partial charge in [-0.2, -0.15) is 5.10 Å². The second-order valence-corrected chi connectivity index (χ2v) is 6.29. The summed E-state index contributed by atoms with van der Waals surface area (Å²) in [4.78, 5) is 25.0. The fraction of sp³-hybridized carbons (Fsp3) is 0.150. The molecule has 2 aromatic carbocycles. The van der Waals surface area contributed by atoms with E-state index in [0.717, 1.165) is 7.11 Å². The van der Waals surface area contributed by atoms with Crippen molar-refractivity contribution in [2.75, 3.05) is 14.2 Å². The lowest BCUT2D eigenvalue weighted by molar-refractivity contribution is 0.0549. The fourth-order valence-electron chi connectivity index (χ4n) is 2.77. The van der Waals surface area contributed by atoms with Crippen LogP contribution in [0.1, 0.15) is 26.4 Å². The summed E-state index contributed by atoms with van der Waals surface area (Å²) in [5, 5.41) is 4.63. The number of methoxy groups -OCH3 is 2. The maximum absolute atomic E-state index is 14.7. The van der Waals surface area contributed by atoms with E-state index in [9.17, 15) is 14.0 Å². The number of aryl methyl sites for hydroxylation is 1. The zero-order valence-electron chi connectivity index (χ0n) is 15.3. The molecule has 1 aromatic heterocycles. The quantitative estimate of drug-likeness (QED) is 0.611. The molecule has 3 aromatic rings. The molecule has 0 amide bonds. The molecular weight excluding hydrogens is 387 g/mol. The predicted octanol–water partition coefficient (Wildman–Crippen LogP) is 4.21. The van der Waals surface area contributed by atoms with Crippen LogP contribution in [0.5, 0.6) is 0 Å². The molecular formula is C20H16ClFN2O4. The summed E-state index contributed by atoms with van der Waals surface area (Å²) >= 11 is 6.15. The van der Waals surface area contributed by atoms with Crippen molar-refractivity contribution in [1.82, 2.24) is 9.78 Å². The van der Waals surface area contributed by atoms with E-state index in [1.54, 1.807) is 37.3 Å². The molecule has 0 saturated heterocycles. The Bertz CT molecular complexity index is 1060. The van der Waals surface area contributed by atoms with Crippen LogP contribution in [0.3, 0.4) is 0 Å². The zero-order valence-corrected chi connectivity index (χ0v) is 16.1. The molecule has 0 fully saturated rings. The second kappa shape index (κ2) is 7.82. The van der Waals surface area contributed by atoms with Gasteiger partial charge in [-0.25, -0.2) is 18.7 Å². The summed E-state index contributed by atoms with van der Waals surface area (Å²) in [6.45, 7) is 1.65. The number of esters is 2. The van der Waals surface area contributed by atoms with Gasteiger partial charge in [0.1, 0.15) is 17.1 Å². The third kappa shape index (κ3) is 3.36. The molecule has 144 valence electrons. The molecule has 0 bridgehead atoms. The Morgan fingerprint density at radius 1 is 1.07 bits per heavy atom. The smallest absolute Gasteiger partial charge is 0.357 e. The molecule has 0 aliphatic rings. The lowest BCUT2D eigenvalue weighted by Gasteiger charge is -2.07. The second-order valence-electron chi connectivity index (χ2n) is 5.88. The Morgan fingerprint density at radius 2 is 1.71 bits per heavy atom. The van der Waals surface area contributed by atoms with Crippen LogP contribution in [0.15, 0.2) is 42.5 Å². The maximum atomic E-state index is 14.7. The summed E-state index contributed by atoms with van der Waals surface area (Å²) in [5.74, 6) is -2.31. The minimum absolute atomic E-state index is 0.0316. The normalized spacial score (nSPS) is 10.6. The Balaban J connectivity index is 2.40. The topological polar surface area (TPSA) is 70.4 Å². The summed E-state index contributed by atoms with van der Waals surface area (Å²) in [5.41, 5.74) is 0.520. The van der Waals surface area contributed by atoms with Crippen LogP contribution in [-0.4, -0.2) is 35.9 Å². The van der Waals surface area contributed by atoms with Gasteiger partial charge in [0.25, 0.3) is 0 Å². The van der Waals surface area contributed by atoms with E-state index in [1.165, 1.54) is 23.9 Å². The first kappa shape index (κ1) is 19.6. The van der Waals surface area contributed by atoms with Gasteiger partial charge in [0, 0.05) is 10.6 Å². The Kier molecular flexibility index (Phi) is 5.46. The third-order valence-electron chi connectivity index (χ3n) is 4.16. The molecule has 0 unspecified atom stereocenters. The first-order valence-electron chi connectivity index (χ1n) is 8.20. The molecule has 0 N–H and O–H groups in total. The lowest BCUT2D eigenvalue weighted by Crippen LogP contribution is -2.15. The van der Waals surface area contributed by atoms with Crippen LogP contribution in [-0.2, 0) is 9.47 Å². The largest absolute Gasteiger partial charge is 0.465 e. The summed E-state index contributed by atoms with van der Waals surface area (Å²) < 4.78 is 25.6. The highest BCUT2D eigenvalue weighted by atomic mass is 35.5. The maximum Gasteiger partial charge on any atom is 0.357 e. The fourth-order valence-corrected chi connectivity index (χ4v) is 2.93. The molecule has 8 heteroatoms. The van der Waals surface area contributed by atoms with Crippen LogP contribution in [0, 0.1) is 12.7 Å². The predicted molar refractivity (Wildman–Crippen MR) is 101 cm³/mol. The molecule has 6 nitrogen and oxygen atoms in total. The first-order valence-corrected chi connectivity index (χ1v) is 8.58. The average molecular weight is 403 g/mol. The number of carbonyl (C=O) groups is 2. The number of hydrogen-bond acceptors (Lipinski definition) is 5. The number of ether oxygens (including phenoxy) is 2. The van der Waals surface area contributed by atoms with Crippen LogP contribution >= 0.6 is 11.6 Å². The van der Waals surface area contributed by atoms with Gasteiger partial charge in [0.05, 0.1) is 19.9 Å². The standard InChI is InChI=1S/C20H16ClFN2O4/c1-11-9-15(22)13(10-14(11)21)17-16(19(25)27-2)18(20(26)28-3)24(23-17)12-7-5-4-6-8-12/h4-10H,1-3H3. The average Bonchev–Trinajstić information content (AvgIpc) is 3.10. The van der Waals surface area contributed by atoms with Gasteiger partial charge < -0.3 is 9.47 Å². The van der Waals surface area contributed by atoms with Gasteiger partial charge in [-0.15, -0.1) is 0 Å². The van der Waals surface area contributed by atoms with E-state index >= 15 is 0 Å². The van der Waals surface area contributed by atoms with Gasteiger partial charge >= 0.3 is 11.9 Å². The number of halogens is 2. The van der Waals surface area contributed by atoms with Gasteiger partial charge in [-0.05, 0) is 36.8 Å². The van der Waals surface area contributed by atoms with E-state index in [1.807, 2.05) is 0 Å². The lowest BCUT2D eigenvalue weighted by atomic mass is 10.0. The monoisotopic (exact) mass is 402 g/mol. The number of nitrogens with zero attached hydrogens (tertiary/aromatic N) is 2. The number of aromatic nitrogens is 2. The van der Waals surface area contributed by atoms with E-state index < -0.39 is 17.8 Å². The highest BCUT2D eigenvalue weighted by molar-refractivity contribution is 6.31.